The molecule has 0 spiro atoms. The second-order valence-corrected chi connectivity index (χ2v) is 5.37. The van der Waals surface area contributed by atoms with Crippen LogP contribution in [0.3, 0.4) is 0 Å². The number of carboxylic acid groups (broad SMARTS) is 1. The van der Waals surface area contributed by atoms with Crippen molar-refractivity contribution in [2.45, 2.75) is 6.92 Å². The minimum absolute atomic E-state index is 0.0431. The molecule has 0 aromatic carbocycles. The van der Waals surface area contributed by atoms with Crippen LogP contribution >= 0.6 is 11.6 Å². The molecule has 2 aromatic rings. The molecule has 0 saturated heterocycles. The standard InChI is InChI=1S/C15H13ClN4O3/c1-3-20-12-9(6-8(7-17-12)15(22)23)14(21)19(2)10-4-5-11(16)18-13(10)20/h4-7H,3H2,1-2H3,(H,22,23). The summed E-state index contributed by atoms with van der Waals surface area (Å²) in [5.74, 6) is -0.619. The van der Waals surface area contributed by atoms with E-state index in [-0.39, 0.29) is 17.0 Å². The van der Waals surface area contributed by atoms with E-state index in [9.17, 15) is 9.59 Å². The minimum Gasteiger partial charge on any atom is -0.478 e. The van der Waals surface area contributed by atoms with Crippen LogP contribution in [0, 0.1) is 0 Å². The lowest BCUT2D eigenvalue weighted by atomic mass is 10.1. The van der Waals surface area contributed by atoms with E-state index in [1.54, 1.807) is 24.1 Å². The van der Waals surface area contributed by atoms with Gasteiger partial charge in [0.25, 0.3) is 5.91 Å². The molecular formula is C15H13ClN4O3. The van der Waals surface area contributed by atoms with E-state index in [1.807, 2.05) is 6.92 Å². The SMILES string of the molecule is CCN1c2ncc(C(=O)O)cc2C(=O)N(C)c2ccc(Cl)nc21. The molecule has 1 N–H and O–H groups in total. The minimum atomic E-state index is -1.14. The monoisotopic (exact) mass is 332 g/mol. The molecule has 0 bridgehead atoms. The molecular weight excluding hydrogens is 320 g/mol. The van der Waals surface area contributed by atoms with E-state index in [4.69, 9.17) is 16.7 Å². The van der Waals surface area contributed by atoms with Crippen molar-refractivity contribution in [2.75, 3.05) is 23.4 Å². The van der Waals surface area contributed by atoms with Crippen molar-refractivity contribution in [3.63, 3.8) is 0 Å². The summed E-state index contributed by atoms with van der Waals surface area (Å²) < 4.78 is 0. The van der Waals surface area contributed by atoms with E-state index in [0.29, 0.717) is 29.0 Å². The van der Waals surface area contributed by atoms with Crippen LogP contribution in [0.25, 0.3) is 0 Å². The molecule has 3 heterocycles. The third-order valence-corrected chi connectivity index (χ3v) is 3.87. The van der Waals surface area contributed by atoms with Gasteiger partial charge in [-0.1, -0.05) is 11.6 Å². The molecule has 118 valence electrons. The average molecular weight is 333 g/mol. The number of hydrogen-bond donors (Lipinski definition) is 1. The van der Waals surface area contributed by atoms with Gasteiger partial charge in [0.1, 0.15) is 11.0 Å². The Morgan fingerprint density at radius 3 is 2.74 bits per heavy atom. The second-order valence-electron chi connectivity index (χ2n) is 4.99. The Labute approximate surface area is 137 Å². The third kappa shape index (κ3) is 2.39. The van der Waals surface area contributed by atoms with Gasteiger partial charge >= 0.3 is 5.97 Å². The van der Waals surface area contributed by atoms with Crippen LogP contribution in [-0.4, -0.2) is 40.5 Å². The lowest BCUT2D eigenvalue weighted by Gasteiger charge is -2.22. The maximum Gasteiger partial charge on any atom is 0.337 e. The summed E-state index contributed by atoms with van der Waals surface area (Å²) in [6, 6.07) is 4.64. The number of carboxylic acids is 1. The molecule has 0 saturated carbocycles. The van der Waals surface area contributed by atoms with Gasteiger partial charge in [-0.15, -0.1) is 0 Å². The first-order valence-corrected chi connectivity index (χ1v) is 7.27. The van der Waals surface area contributed by atoms with Crippen molar-refractivity contribution in [3.8, 4) is 0 Å². The van der Waals surface area contributed by atoms with Crippen LogP contribution in [-0.2, 0) is 0 Å². The number of pyridine rings is 2. The van der Waals surface area contributed by atoms with Crippen molar-refractivity contribution in [1.29, 1.82) is 0 Å². The van der Waals surface area contributed by atoms with Gasteiger partial charge < -0.3 is 14.9 Å². The number of aromatic carboxylic acids is 1. The molecule has 0 atom stereocenters. The number of anilines is 3. The zero-order chi connectivity index (χ0) is 16.7. The maximum absolute atomic E-state index is 12.7. The highest BCUT2D eigenvalue weighted by molar-refractivity contribution is 6.29. The van der Waals surface area contributed by atoms with Crippen molar-refractivity contribution in [2.24, 2.45) is 0 Å². The van der Waals surface area contributed by atoms with E-state index < -0.39 is 5.97 Å². The van der Waals surface area contributed by atoms with Crippen LogP contribution in [0.2, 0.25) is 5.15 Å². The largest absolute Gasteiger partial charge is 0.478 e. The molecule has 8 heteroatoms. The normalized spacial score (nSPS) is 13.4. The number of fused-ring (bicyclic) bond motifs is 2. The number of hydrogen-bond acceptors (Lipinski definition) is 5. The Morgan fingerprint density at radius 2 is 2.09 bits per heavy atom. The first-order chi connectivity index (χ1) is 10.9. The summed E-state index contributed by atoms with van der Waals surface area (Å²) in [7, 11) is 1.60. The number of amides is 1. The topological polar surface area (TPSA) is 86.6 Å². The summed E-state index contributed by atoms with van der Waals surface area (Å²) in [5.41, 5.74) is 0.748. The van der Waals surface area contributed by atoms with E-state index in [2.05, 4.69) is 9.97 Å². The van der Waals surface area contributed by atoms with Gasteiger partial charge in [0.15, 0.2) is 5.82 Å². The second kappa shape index (κ2) is 5.51. The van der Waals surface area contributed by atoms with Gasteiger partial charge in [-0.25, -0.2) is 14.8 Å². The van der Waals surface area contributed by atoms with E-state index in [0.717, 1.165) is 0 Å². The Morgan fingerprint density at radius 1 is 1.35 bits per heavy atom. The number of carbonyl (C=O) groups is 2. The maximum atomic E-state index is 12.7. The van der Waals surface area contributed by atoms with Gasteiger partial charge in [-0.3, -0.25) is 4.79 Å². The summed E-state index contributed by atoms with van der Waals surface area (Å²) in [4.78, 5) is 35.5. The Bertz CT molecular complexity index is 824. The lowest BCUT2D eigenvalue weighted by Crippen LogP contribution is -2.25. The number of carbonyl (C=O) groups excluding carboxylic acids is 1. The summed E-state index contributed by atoms with van der Waals surface area (Å²) >= 11 is 5.99. The summed E-state index contributed by atoms with van der Waals surface area (Å²) in [6.07, 6.45) is 1.23. The van der Waals surface area contributed by atoms with Crippen LogP contribution in [0.5, 0.6) is 0 Å². The van der Waals surface area contributed by atoms with Gasteiger partial charge in [0.05, 0.1) is 16.8 Å². The number of aromatic nitrogens is 2. The number of nitrogens with zero attached hydrogens (tertiary/aromatic N) is 4. The lowest BCUT2D eigenvalue weighted by molar-refractivity contribution is 0.0696. The number of halogens is 1. The predicted octanol–water partition coefficient (Wildman–Crippen LogP) is 2.58. The highest BCUT2D eigenvalue weighted by Crippen LogP contribution is 2.38. The van der Waals surface area contributed by atoms with Crippen LogP contribution in [0.15, 0.2) is 24.4 Å². The van der Waals surface area contributed by atoms with Crippen molar-refractivity contribution < 1.29 is 14.7 Å². The van der Waals surface area contributed by atoms with E-state index in [1.165, 1.54) is 17.2 Å². The molecule has 1 amide bonds. The zero-order valence-corrected chi connectivity index (χ0v) is 13.2. The molecule has 0 fully saturated rings. The zero-order valence-electron chi connectivity index (χ0n) is 12.4. The van der Waals surface area contributed by atoms with Crippen molar-refractivity contribution in [1.82, 2.24) is 9.97 Å². The molecule has 7 nitrogen and oxygen atoms in total. The fourth-order valence-corrected chi connectivity index (χ4v) is 2.66. The van der Waals surface area contributed by atoms with E-state index >= 15 is 0 Å². The quantitative estimate of drug-likeness (QED) is 0.850. The fourth-order valence-electron chi connectivity index (χ4n) is 2.52. The Hall–Kier alpha value is -2.67. The molecule has 0 radical (unpaired) electrons. The first kappa shape index (κ1) is 15.2. The van der Waals surface area contributed by atoms with Crippen LogP contribution < -0.4 is 9.80 Å². The van der Waals surface area contributed by atoms with Gasteiger partial charge in [0, 0.05) is 19.8 Å². The first-order valence-electron chi connectivity index (χ1n) is 6.89. The Balaban J connectivity index is 2.30. The average Bonchev–Trinajstić information content (AvgIpc) is 2.62. The third-order valence-electron chi connectivity index (χ3n) is 3.66. The number of rotatable bonds is 2. The van der Waals surface area contributed by atoms with Crippen molar-refractivity contribution >= 4 is 40.8 Å². The highest BCUT2D eigenvalue weighted by Gasteiger charge is 2.31. The molecule has 1 aliphatic rings. The molecule has 1 aliphatic heterocycles. The van der Waals surface area contributed by atoms with Crippen molar-refractivity contribution in [3.05, 3.63) is 40.7 Å². The molecule has 0 aliphatic carbocycles. The highest BCUT2D eigenvalue weighted by atomic mass is 35.5. The van der Waals surface area contributed by atoms with Gasteiger partial charge in [-0.05, 0) is 25.1 Å². The van der Waals surface area contributed by atoms with Gasteiger partial charge in [-0.2, -0.15) is 0 Å². The smallest absolute Gasteiger partial charge is 0.337 e. The van der Waals surface area contributed by atoms with Gasteiger partial charge in [0.2, 0.25) is 0 Å². The van der Waals surface area contributed by atoms with Crippen LogP contribution in [0.1, 0.15) is 27.6 Å². The summed E-state index contributed by atoms with van der Waals surface area (Å²) in [5, 5.41) is 9.43. The fraction of sp³-hybridized carbons (Fsp3) is 0.200. The molecule has 0 unspecified atom stereocenters. The predicted molar refractivity (Wildman–Crippen MR) is 85.9 cm³/mol. The molecule has 3 rings (SSSR count). The molecule has 2 aromatic heterocycles. The Kier molecular flexibility index (Phi) is 3.65. The van der Waals surface area contributed by atoms with Crippen LogP contribution in [0.4, 0.5) is 17.3 Å². The molecule has 23 heavy (non-hydrogen) atoms. The summed E-state index contributed by atoms with van der Waals surface area (Å²) in [6.45, 7) is 2.38.